The van der Waals surface area contributed by atoms with Crippen LogP contribution < -0.4 is 10.0 Å². The zero-order chi connectivity index (χ0) is 24.2. The second kappa shape index (κ2) is 8.32. The number of carbonyl (C=O) groups excluding carboxylic acids is 2. The summed E-state index contributed by atoms with van der Waals surface area (Å²) in [6.45, 7) is 1.17. The predicted molar refractivity (Wildman–Crippen MR) is 112 cm³/mol. The van der Waals surface area contributed by atoms with Crippen LogP contribution in [0.4, 0.5) is 23.8 Å². The first-order valence-corrected chi connectivity index (χ1v) is 11.7. The van der Waals surface area contributed by atoms with E-state index < -0.39 is 24.6 Å². The van der Waals surface area contributed by atoms with Gasteiger partial charge in [0.2, 0.25) is 5.91 Å². The maximum absolute atomic E-state index is 12.9. The van der Waals surface area contributed by atoms with Crippen molar-refractivity contribution in [2.75, 3.05) is 31.1 Å². The largest absolute Gasteiger partial charge is 0.530 e. The van der Waals surface area contributed by atoms with E-state index in [1.807, 2.05) is 4.90 Å². The van der Waals surface area contributed by atoms with Gasteiger partial charge in [-0.15, -0.1) is 0 Å². The number of halogens is 3. The van der Waals surface area contributed by atoms with Crippen LogP contribution in [0.5, 0.6) is 0 Å². The zero-order valence-corrected chi connectivity index (χ0v) is 18.6. The number of nitrogens with zero attached hydrogens (tertiary/aromatic N) is 5. The van der Waals surface area contributed by atoms with Gasteiger partial charge in [0, 0.05) is 38.6 Å². The van der Waals surface area contributed by atoms with Crippen molar-refractivity contribution in [3.8, 4) is 6.07 Å². The Hall–Kier alpha value is -3.03. The average Bonchev–Trinajstić information content (AvgIpc) is 3.69. The molecule has 1 aromatic rings. The monoisotopic (exact) mass is 476 g/mol. The highest BCUT2D eigenvalue weighted by Crippen LogP contribution is 2.45. The first kappa shape index (κ1) is 22.7. The van der Waals surface area contributed by atoms with Crippen LogP contribution in [0.1, 0.15) is 60.4 Å². The molecule has 0 radical (unpaired) electrons. The van der Waals surface area contributed by atoms with Crippen molar-refractivity contribution in [3.63, 3.8) is 0 Å². The van der Waals surface area contributed by atoms with Crippen LogP contribution in [0.2, 0.25) is 0 Å². The Morgan fingerprint density at radius 3 is 2.44 bits per heavy atom. The van der Waals surface area contributed by atoms with Gasteiger partial charge in [-0.25, -0.2) is 4.98 Å². The number of rotatable bonds is 4. The standard InChI is InChI=1S/C23H26F3N5O3/c24-23(25,26)9-19(32)31-8-7-29(12-18(31)13-1-2-13)21-16(10-27)15-5-6-30(22(33)34)11-17(15)20(28-21)14-3-4-14/h13-14,18H,1-9,11-12H2,(H,33,34)/p-1. The molecule has 3 heterocycles. The fraction of sp³-hybridized carbons (Fsp3) is 0.652. The van der Waals surface area contributed by atoms with Crippen LogP contribution in [0.3, 0.4) is 0 Å². The predicted octanol–water partition coefficient (Wildman–Crippen LogP) is 1.91. The number of hydrogen-bond donors (Lipinski definition) is 0. The van der Waals surface area contributed by atoms with Gasteiger partial charge in [-0.2, -0.15) is 18.4 Å². The molecule has 5 rings (SSSR count). The minimum Gasteiger partial charge on any atom is -0.530 e. The van der Waals surface area contributed by atoms with Crippen LogP contribution in [0, 0.1) is 17.2 Å². The fourth-order valence-electron chi connectivity index (χ4n) is 5.31. The SMILES string of the molecule is N#Cc1c(N2CCN(C(=O)CC(F)(F)F)C(C3CC3)C2)nc(C2CC2)c2c1CCN(C(=O)[O-])C2. The molecule has 0 N–H and O–H groups in total. The van der Waals surface area contributed by atoms with E-state index >= 15 is 0 Å². The Morgan fingerprint density at radius 2 is 1.85 bits per heavy atom. The van der Waals surface area contributed by atoms with Gasteiger partial charge < -0.3 is 24.6 Å². The van der Waals surface area contributed by atoms with E-state index in [0.717, 1.165) is 42.5 Å². The summed E-state index contributed by atoms with van der Waals surface area (Å²) in [5, 5.41) is 21.5. The molecule has 0 aromatic carbocycles. The van der Waals surface area contributed by atoms with Gasteiger partial charge >= 0.3 is 6.18 Å². The lowest BCUT2D eigenvalue weighted by atomic mass is 9.92. The first-order chi connectivity index (χ1) is 16.2. The Balaban J connectivity index is 1.46. The van der Waals surface area contributed by atoms with Crippen molar-refractivity contribution in [2.45, 2.75) is 63.2 Å². The van der Waals surface area contributed by atoms with Gasteiger partial charge in [0.05, 0.1) is 17.3 Å². The molecule has 8 nitrogen and oxygen atoms in total. The van der Waals surface area contributed by atoms with Crippen molar-refractivity contribution in [2.24, 2.45) is 5.92 Å². The van der Waals surface area contributed by atoms with Gasteiger partial charge in [0.1, 0.15) is 24.4 Å². The van der Waals surface area contributed by atoms with Crippen LogP contribution >= 0.6 is 0 Å². The summed E-state index contributed by atoms with van der Waals surface area (Å²) in [5.41, 5.74) is 2.82. The number of piperazine rings is 1. The van der Waals surface area contributed by atoms with Crippen molar-refractivity contribution in [1.29, 1.82) is 5.26 Å². The van der Waals surface area contributed by atoms with Crippen LogP contribution in [-0.4, -0.2) is 65.2 Å². The fourth-order valence-corrected chi connectivity index (χ4v) is 5.31. The van der Waals surface area contributed by atoms with E-state index in [-0.39, 0.29) is 37.5 Å². The molecule has 0 bridgehead atoms. The molecule has 11 heteroatoms. The first-order valence-electron chi connectivity index (χ1n) is 11.7. The number of amides is 2. The van der Waals surface area contributed by atoms with E-state index in [4.69, 9.17) is 4.98 Å². The van der Waals surface area contributed by atoms with Gasteiger partial charge in [0.15, 0.2) is 0 Å². The number of anilines is 1. The number of carbonyl (C=O) groups is 2. The number of nitriles is 1. The molecule has 1 saturated heterocycles. The number of pyridine rings is 1. The van der Waals surface area contributed by atoms with Crippen molar-refractivity contribution in [1.82, 2.24) is 14.8 Å². The van der Waals surface area contributed by atoms with Crippen LogP contribution in [-0.2, 0) is 17.8 Å². The zero-order valence-electron chi connectivity index (χ0n) is 18.6. The number of aromatic nitrogens is 1. The second-order valence-electron chi connectivity index (χ2n) is 9.71. The summed E-state index contributed by atoms with van der Waals surface area (Å²) in [6, 6.07) is 1.92. The number of fused-ring (bicyclic) bond motifs is 1. The van der Waals surface area contributed by atoms with E-state index in [2.05, 4.69) is 6.07 Å². The van der Waals surface area contributed by atoms with E-state index in [1.165, 1.54) is 9.80 Å². The van der Waals surface area contributed by atoms with E-state index in [1.54, 1.807) is 0 Å². The van der Waals surface area contributed by atoms with Crippen molar-refractivity contribution < 1.29 is 27.9 Å². The normalized spacial score (nSPS) is 22.9. The van der Waals surface area contributed by atoms with Crippen LogP contribution in [0.25, 0.3) is 0 Å². The Labute approximate surface area is 194 Å². The summed E-state index contributed by atoms with van der Waals surface area (Å²) in [5.74, 6) is -0.0129. The third-order valence-electron chi connectivity index (χ3n) is 7.30. The molecule has 34 heavy (non-hydrogen) atoms. The van der Waals surface area contributed by atoms with E-state index in [9.17, 15) is 33.1 Å². The molecule has 3 fully saturated rings. The summed E-state index contributed by atoms with van der Waals surface area (Å²) in [4.78, 5) is 33.2. The quantitative estimate of drug-likeness (QED) is 0.658. The van der Waals surface area contributed by atoms with E-state index in [0.29, 0.717) is 30.9 Å². The minimum atomic E-state index is -4.55. The Bertz CT molecular complexity index is 1060. The molecular formula is C23H25F3N5O3-. The number of alkyl halides is 3. The highest BCUT2D eigenvalue weighted by molar-refractivity contribution is 5.78. The molecule has 2 saturated carbocycles. The molecule has 2 aliphatic heterocycles. The molecule has 4 aliphatic rings. The van der Waals surface area contributed by atoms with Crippen LogP contribution in [0.15, 0.2) is 0 Å². The lowest BCUT2D eigenvalue weighted by molar-refractivity contribution is -0.266. The minimum absolute atomic E-state index is 0.149. The third kappa shape index (κ3) is 4.38. The molecule has 2 aliphatic carbocycles. The van der Waals surface area contributed by atoms with Crippen molar-refractivity contribution in [3.05, 3.63) is 22.4 Å². The number of hydrogen-bond acceptors (Lipinski definition) is 6. The van der Waals surface area contributed by atoms with Gasteiger partial charge in [-0.3, -0.25) is 4.79 Å². The third-order valence-corrected chi connectivity index (χ3v) is 7.30. The molecular weight excluding hydrogens is 451 g/mol. The topological polar surface area (TPSA) is 104 Å². The molecule has 1 unspecified atom stereocenters. The maximum atomic E-state index is 12.9. The molecule has 1 atom stereocenters. The summed E-state index contributed by atoms with van der Waals surface area (Å²) in [6.07, 6.45) is -3.25. The lowest BCUT2D eigenvalue weighted by Gasteiger charge is -2.43. The smallest absolute Gasteiger partial charge is 0.397 e. The molecule has 0 spiro atoms. The van der Waals surface area contributed by atoms with Gasteiger partial charge in [0.25, 0.3) is 0 Å². The average molecular weight is 476 g/mol. The van der Waals surface area contributed by atoms with Crippen molar-refractivity contribution >= 4 is 17.8 Å². The summed E-state index contributed by atoms with van der Waals surface area (Å²) in [7, 11) is 0. The molecule has 182 valence electrons. The summed E-state index contributed by atoms with van der Waals surface area (Å²) < 4.78 is 38.6. The van der Waals surface area contributed by atoms with Gasteiger partial charge in [-0.05, 0) is 49.1 Å². The van der Waals surface area contributed by atoms with Gasteiger partial charge in [-0.1, -0.05) is 0 Å². The summed E-state index contributed by atoms with van der Waals surface area (Å²) >= 11 is 0. The Kier molecular flexibility index (Phi) is 5.57. The second-order valence-corrected chi connectivity index (χ2v) is 9.71. The highest BCUT2D eigenvalue weighted by atomic mass is 19.4. The number of carboxylic acid groups (broad SMARTS) is 1. The maximum Gasteiger partial charge on any atom is 0.397 e. The lowest BCUT2D eigenvalue weighted by Crippen LogP contribution is -2.57. The molecule has 1 aromatic heterocycles. The highest BCUT2D eigenvalue weighted by Gasteiger charge is 2.44. The molecule has 2 amide bonds. The Morgan fingerprint density at radius 1 is 1.12 bits per heavy atom.